The maximum absolute atomic E-state index is 9.79. The third-order valence-electron chi connectivity index (χ3n) is 1.15. The van der Waals surface area contributed by atoms with Gasteiger partial charge in [0, 0.05) is 0 Å². The van der Waals surface area contributed by atoms with Crippen molar-refractivity contribution in [2.75, 3.05) is 6.61 Å². The molecule has 4 nitrogen and oxygen atoms in total. The largest absolute Gasteiger partial charge is 1.00 e. The first-order valence-electron chi connectivity index (χ1n) is 2.68. The molecule has 0 radical (unpaired) electrons. The van der Waals surface area contributed by atoms with Crippen LogP contribution in [0.4, 0.5) is 0 Å². The van der Waals surface area contributed by atoms with Gasteiger partial charge in [0.1, 0.15) is 0 Å². The van der Waals surface area contributed by atoms with E-state index < -0.39 is 10.4 Å². The van der Waals surface area contributed by atoms with Crippen LogP contribution in [-0.2, 0) is 14.6 Å². The first-order valence-corrected chi connectivity index (χ1v) is 4.01. The molecule has 0 aromatic carbocycles. The minimum absolute atomic E-state index is 0. The van der Waals surface area contributed by atoms with Crippen LogP contribution >= 0.6 is 0 Å². The van der Waals surface area contributed by atoms with Crippen molar-refractivity contribution in [3.8, 4) is 0 Å². The topological polar surface area (TPSA) is 66.4 Å². The Morgan fingerprint density at radius 1 is 1.50 bits per heavy atom. The molecule has 0 saturated heterocycles. The Balaban J connectivity index is 0.000000810. The normalized spacial score (nSPS) is 18.1. The van der Waals surface area contributed by atoms with E-state index in [1.54, 1.807) is 0 Å². The van der Waals surface area contributed by atoms with E-state index in [2.05, 4.69) is 4.18 Å². The van der Waals surface area contributed by atoms with Crippen molar-refractivity contribution in [3.63, 3.8) is 0 Å². The summed E-state index contributed by atoms with van der Waals surface area (Å²) in [6.07, 6.45) is 1.96. The van der Waals surface area contributed by atoms with Crippen molar-refractivity contribution in [2.45, 2.75) is 12.8 Å². The van der Waals surface area contributed by atoms with Crippen molar-refractivity contribution in [2.24, 2.45) is 5.92 Å². The van der Waals surface area contributed by atoms with Crippen LogP contribution < -0.4 is 29.6 Å². The van der Waals surface area contributed by atoms with Gasteiger partial charge in [0.2, 0.25) is 10.4 Å². The van der Waals surface area contributed by atoms with Gasteiger partial charge in [-0.1, -0.05) is 0 Å². The number of rotatable bonds is 3. The van der Waals surface area contributed by atoms with Gasteiger partial charge in [-0.15, -0.1) is 0 Å². The first-order chi connectivity index (χ1) is 4.08. The maximum Gasteiger partial charge on any atom is 1.00 e. The zero-order valence-electron chi connectivity index (χ0n) is 5.74. The predicted molar refractivity (Wildman–Crippen MR) is 28.4 cm³/mol. The molecule has 6 heteroatoms. The summed E-state index contributed by atoms with van der Waals surface area (Å²) < 4.78 is 33.3. The number of hydrogen-bond acceptors (Lipinski definition) is 4. The van der Waals surface area contributed by atoms with Gasteiger partial charge in [-0.05, 0) is 18.8 Å². The Morgan fingerprint density at radius 2 is 2.00 bits per heavy atom. The molecule has 0 heterocycles. The molecule has 0 aromatic heterocycles. The van der Waals surface area contributed by atoms with Gasteiger partial charge in [-0.25, -0.2) is 8.42 Å². The standard InChI is InChI=1S/C4H8O4S.Na/c5-9(6,7)8-3-4-1-2-4;/h4H,1-3H2,(H,5,6,7);/q;+1/p-1. The molecule has 10 heavy (non-hydrogen) atoms. The summed E-state index contributed by atoms with van der Waals surface area (Å²) in [6.45, 7) is 0.0752. The second kappa shape index (κ2) is 4.04. The molecule has 0 N–H and O–H groups in total. The van der Waals surface area contributed by atoms with E-state index in [9.17, 15) is 13.0 Å². The van der Waals surface area contributed by atoms with Crippen molar-refractivity contribution >= 4 is 10.4 Å². The van der Waals surface area contributed by atoms with Gasteiger partial charge in [-0.2, -0.15) is 0 Å². The van der Waals surface area contributed by atoms with Gasteiger partial charge in [-0.3, -0.25) is 4.18 Å². The van der Waals surface area contributed by atoms with Gasteiger partial charge in [0.05, 0.1) is 6.61 Å². The average molecular weight is 174 g/mol. The minimum atomic E-state index is -4.43. The Kier molecular flexibility index (Phi) is 4.39. The van der Waals surface area contributed by atoms with Gasteiger partial charge < -0.3 is 4.55 Å². The minimum Gasteiger partial charge on any atom is -0.726 e. The Labute approximate surface area is 82.2 Å². The van der Waals surface area contributed by atoms with E-state index in [1.165, 1.54) is 0 Å². The molecule has 1 rings (SSSR count). The Morgan fingerprint density at radius 3 is 2.30 bits per heavy atom. The van der Waals surface area contributed by atoms with Crippen molar-refractivity contribution < 1.29 is 46.7 Å². The molecular weight excluding hydrogens is 167 g/mol. The van der Waals surface area contributed by atoms with Crippen LogP contribution in [0.25, 0.3) is 0 Å². The maximum atomic E-state index is 9.79. The van der Waals surface area contributed by atoms with Crippen molar-refractivity contribution in [3.05, 3.63) is 0 Å². The molecule has 1 aliphatic rings. The zero-order chi connectivity index (χ0) is 6.91. The summed E-state index contributed by atoms with van der Waals surface area (Å²) in [5.74, 6) is 0.314. The van der Waals surface area contributed by atoms with Crippen molar-refractivity contribution in [1.29, 1.82) is 0 Å². The summed E-state index contributed by atoms with van der Waals surface area (Å²) in [5, 5.41) is 0. The smallest absolute Gasteiger partial charge is 0.726 e. The molecule has 0 unspecified atom stereocenters. The zero-order valence-corrected chi connectivity index (χ0v) is 8.56. The molecule has 54 valence electrons. The van der Waals surface area contributed by atoms with Crippen LogP contribution in [-0.4, -0.2) is 19.6 Å². The Bertz CT molecular complexity index is 183. The fourth-order valence-corrected chi connectivity index (χ4v) is 0.823. The summed E-state index contributed by atoms with van der Waals surface area (Å²) in [4.78, 5) is 0. The van der Waals surface area contributed by atoms with Crippen LogP contribution in [0.1, 0.15) is 12.8 Å². The molecule has 1 aliphatic carbocycles. The van der Waals surface area contributed by atoms with E-state index in [-0.39, 0.29) is 36.2 Å². The Hall–Kier alpha value is 0.870. The molecule has 0 bridgehead atoms. The van der Waals surface area contributed by atoms with Gasteiger partial charge >= 0.3 is 29.6 Å². The van der Waals surface area contributed by atoms with E-state index in [1.807, 2.05) is 0 Å². The summed E-state index contributed by atoms with van der Waals surface area (Å²) in [5.41, 5.74) is 0. The third-order valence-corrected chi connectivity index (χ3v) is 1.57. The molecule has 1 fully saturated rings. The van der Waals surface area contributed by atoms with E-state index in [4.69, 9.17) is 0 Å². The number of hydrogen-bond donors (Lipinski definition) is 0. The van der Waals surface area contributed by atoms with Crippen LogP contribution in [0, 0.1) is 5.92 Å². The fraction of sp³-hybridized carbons (Fsp3) is 1.00. The molecule has 1 saturated carbocycles. The van der Waals surface area contributed by atoms with E-state index in [0.29, 0.717) is 5.92 Å². The first kappa shape index (κ1) is 10.9. The van der Waals surface area contributed by atoms with Gasteiger partial charge in [0.25, 0.3) is 0 Å². The van der Waals surface area contributed by atoms with E-state index in [0.717, 1.165) is 12.8 Å². The second-order valence-electron chi connectivity index (χ2n) is 2.14. The van der Waals surface area contributed by atoms with Crippen LogP contribution in [0.5, 0.6) is 0 Å². The van der Waals surface area contributed by atoms with Crippen LogP contribution in [0.3, 0.4) is 0 Å². The van der Waals surface area contributed by atoms with E-state index >= 15 is 0 Å². The average Bonchev–Trinajstić information content (AvgIpc) is 2.38. The summed E-state index contributed by atoms with van der Waals surface area (Å²) >= 11 is 0. The molecule has 0 aromatic rings. The second-order valence-corrected chi connectivity index (χ2v) is 3.19. The monoisotopic (exact) mass is 174 g/mol. The molecule has 0 aliphatic heterocycles. The SMILES string of the molecule is O=S(=O)([O-])OCC1CC1.[Na+]. The quantitative estimate of drug-likeness (QED) is 0.258. The predicted octanol–water partition coefficient (Wildman–Crippen LogP) is -3.12. The summed E-state index contributed by atoms with van der Waals surface area (Å²) in [6, 6.07) is 0. The van der Waals surface area contributed by atoms with Gasteiger partial charge in [0.15, 0.2) is 0 Å². The summed E-state index contributed by atoms with van der Waals surface area (Å²) in [7, 11) is -4.43. The molecule has 0 spiro atoms. The molecular formula is C4H7NaO4S. The van der Waals surface area contributed by atoms with Crippen LogP contribution in [0.15, 0.2) is 0 Å². The van der Waals surface area contributed by atoms with Crippen LogP contribution in [0.2, 0.25) is 0 Å². The van der Waals surface area contributed by atoms with Crippen molar-refractivity contribution in [1.82, 2.24) is 0 Å². The third kappa shape index (κ3) is 5.64. The fourth-order valence-electron chi connectivity index (χ4n) is 0.464. The molecule has 0 atom stereocenters. The molecule has 0 amide bonds.